The summed E-state index contributed by atoms with van der Waals surface area (Å²) in [4.78, 5) is 62.9. The molecule has 49 heavy (non-hydrogen) atoms. The molecular weight excluding hydrogens is 646 g/mol. The van der Waals surface area contributed by atoms with Crippen molar-refractivity contribution < 1.29 is 30.4 Å². The third kappa shape index (κ3) is 8.87. The fourth-order valence-corrected chi connectivity index (χ4v) is 8.08. The Bertz CT molecular complexity index is 1400. The summed E-state index contributed by atoms with van der Waals surface area (Å²) >= 11 is 1.29. The van der Waals surface area contributed by atoms with Crippen LogP contribution >= 0.6 is 11.3 Å². The second kappa shape index (κ2) is 16.1. The summed E-state index contributed by atoms with van der Waals surface area (Å²) in [5.41, 5.74) is 6.93. The van der Waals surface area contributed by atoms with Crippen LogP contribution in [0, 0.1) is 28.6 Å². The number of hydrogen-bond donors (Lipinski definition) is 2. The lowest BCUT2D eigenvalue weighted by molar-refractivity contribution is -0.150. The van der Waals surface area contributed by atoms with E-state index in [0.717, 1.165) is 64.8 Å². The summed E-state index contributed by atoms with van der Waals surface area (Å²) < 4.78 is 7.24. The summed E-state index contributed by atoms with van der Waals surface area (Å²) in [7, 11) is 0. The number of thiazole rings is 1. The molecule has 0 bridgehead atoms. The molecule has 7 rings (SSSR count). The zero-order valence-corrected chi connectivity index (χ0v) is 30.0. The average Bonchev–Trinajstić information content (AvgIpc) is 3.66. The quantitative estimate of drug-likeness (QED) is 0.445. The summed E-state index contributed by atoms with van der Waals surface area (Å²) in [6, 6.07) is 0.521. The molecule has 4 saturated heterocycles. The standard InChI is InChI=1S/C17H22N4O3S.C12H19N3O.C6H12O2.H2/c1-16(2)3-10(16)14(23)21-7-17(8-21)6-20(5-11(17)13(18)22)15(24)12-4-19-9-25-12;1-2-3-12(16)14-7-4-11(5-8-14)15-9-6-13-10-15;7-5-6-1-3-8-4-2-6;/h4,9-11H,3,5-8H2,1-2H3,(H2,18,22);6,9-11H,2-5,7-8H2,1H3;6-7H,1-5H2;1H/t10-,11+;;;/m1.../s1. The van der Waals surface area contributed by atoms with Gasteiger partial charge in [0.05, 0.1) is 24.0 Å². The van der Waals surface area contributed by atoms with Gasteiger partial charge in [-0.1, -0.05) is 20.8 Å². The van der Waals surface area contributed by atoms with E-state index in [1.165, 1.54) is 11.3 Å². The second-order valence-electron chi connectivity index (χ2n) is 14.9. The van der Waals surface area contributed by atoms with Crippen molar-refractivity contribution in [3.05, 3.63) is 35.3 Å². The first kappa shape index (κ1) is 36.9. The first-order chi connectivity index (χ1) is 23.5. The number of likely N-dealkylation sites (tertiary alicyclic amines) is 3. The van der Waals surface area contributed by atoms with Crippen molar-refractivity contribution >= 4 is 35.0 Å². The SMILES string of the molecule is CC1(C)C[C@@H]1C(=O)N1CC2(CN(C(=O)c3cncs3)C[C@H]2C(N)=O)C1.CCCC(=O)N1CCC(n2ccnc2)CC1.OCC1CCOCC1.[HH]. The highest BCUT2D eigenvalue weighted by Crippen LogP contribution is 2.54. The van der Waals surface area contributed by atoms with Crippen molar-refractivity contribution in [1.82, 2.24) is 29.2 Å². The second-order valence-corrected chi connectivity index (χ2v) is 15.8. The van der Waals surface area contributed by atoms with Gasteiger partial charge in [0.15, 0.2) is 0 Å². The van der Waals surface area contributed by atoms with E-state index < -0.39 is 11.8 Å². The van der Waals surface area contributed by atoms with Crippen molar-refractivity contribution in [2.45, 2.75) is 71.8 Å². The predicted molar refractivity (Wildman–Crippen MR) is 186 cm³/mol. The summed E-state index contributed by atoms with van der Waals surface area (Å²) in [5, 5.41) is 8.64. The van der Waals surface area contributed by atoms with Crippen LogP contribution in [0.25, 0.3) is 0 Å². The lowest BCUT2D eigenvalue weighted by atomic mass is 9.71. The number of aliphatic hydroxyl groups excluding tert-OH is 1. The summed E-state index contributed by atoms with van der Waals surface area (Å²) in [5.74, 6) is 0.187. The topological polar surface area (TPSA) is 164 Å². The minimum Gasteiger partial charge on any atom is -0.396 e. The molecule has 0 unspecified atom stereocenters. The molecule has 1 spiro atoms. The Labute approximate surface area is 294 Å². The maximum Gasteiger partial charge on any atom is 0.265 e. The van der Waals surface area contributed by atoms with Crippen molar-refractivity contribution in [3.63, 3.8) is 0 Å². The highest BCUT2D eigenvalue weighted by molar-refractivity contribution is 7.11. The van der Waals surface area contributed by atoms with Crippen molar-refractivity contribution in [3.8, 4) is 0 Å². The van der Waals surface area contributed by atoms with Gasteiger partial charge in [0, 0.05) is 96.7 Å². The van der Waals surface area contributed by atoms with Gasteiger partial charge in [-0.25, -0.2) is 4.98 Å². The number of carbonyl (C=O) groups excluding carboxylic acids is 4. The molecule has 1 aliphatic carbocycles. The van der Waals surface area contributed by atoms with Crippen molar-refractivity contribution in [2.75, 3.05) is 59.1 Å². The number of piperidine rings is 1. The van der Waals surface area contributed by atoms with Crippen molar-refractivity contribution in [1.29, 1.82) is 0 Å². The number of hydrogen-bond acceptors (Lipinski definition) is 9. The molecule has 0 aromatic carbocycles. The minimum atomic E-state index is -0.402. The van der Waals surface area contributed by atoms with E-state index >= 15 is 0 Å². The third-order valence-electron chi connectivity index (χ3n) is 10.9. The summed E-state index contributed by atoms with van der Waals surface area (Å²) in [6.07, 6.45) is 14.0. The fourth-order valence-electron chi connectivity index (χ4n) is 7.49. The van der Waals surface area contributed by atoms with E-state index in [1.54, 1.807) is 16.6 Å². The number of rotatable bonds is 7. The zero-order chi connectivity index (χ0) is 35.2. The van der Waals surface area contributed by atoms with E-state index in [4.69, 9.17) is 15.6 Å². The van der Waals surface area contributed by atoms with E-state index in [1.807, 2.05) is 28.5 Å². The van der Waals surface area contributed by atoms with Gasteiger partial charge in [0.25, 0.3) is 5.91 Å². The van der Waals surface area contributed by atoms with Crippen molar-refractivity contribution in [2.24, 2.45) is 34.3 Å². The largest absolute Gasteiger partial charge is 0.396 e. The van der Waals surface area contributed by atoms with Gasteiger partial charge < -0.3 is 34.8 Å². The Hall–Kier alpha value is -3.36. The molecular formula is C35H55N7O6S. The molecule has 5 fully saturated rings. The fraction of sp³-hybridized carbons (Fsp3) is 0.714. The molecule has 4 aliphatic heterocycles. The van der Waals surface area contributed by atoms with Gasteiger partial charge in [-0.2, -0.15) is 0 Å². The molecule has 1 saturated carbocycles. The predicted octanol–water partition coefficient (Wildman–Crippen LogP) is 3.07. The van der Waals surface area contributed by atoms with Crippen LogP contribution in [0.3, 0.4) is 0 Å². The van der Waals surface area contributed by atoms with Crippen LogP contribution in [0.15, 0.2) is 30.4 Å². The molecule has 0 radical (unpaired) electrons. The van der Waals surface area contributed by atoms with Gasteiger partial charge in [-0.15, -0.1) is 11.3 Å². The van der Waals surface area contributed by atoms with Gasteiger partial charge in [-0.3, -0.25) is 24.2 Å². The normalized spacial score (nSPS) is 24.3. The molecule has 13 nitrogen and oxygen atoms in total. The Balaban J connectivity index is 0.000000192. The maximum absolute atomic E-state index is 12.6. The van der Waals surface area contributed by atoms with Gasteiger partial charge in [0.1, 0.15) is 4.88 Å². The molecule has 4 amide bonds. The van der Waals surface area contributed by atoms with E-state index in [9.17, 15) is 19.2 Å². The van der Waals surface area contributed by atoms with Crippen LogP contribution in [-0.4, -0.2) is 117 Å². The number of primary amides is 1. The lowest BCUT2D eigenvalue weighted by Crippen LogP contribution is -2.64. The lowest BCUT2D eigenvalue weighted by Gasteiger charge is -2.50. The van der Waals surface area contributed by atoms with Crippen LogP contribution < -0.4 is 5.73 Å². The first-order valence-electron chi connectivity index (χ1n) is 17.7. The minimum absolute atomic E-state index is 0. The smallest absolute Gasteiger partial charge is 0.265 e. The number of nitrogens with two attached hydrogens (primary N) is 1. The molecule has 6 heterocycles. The Morgan fingerprint density at radius 3 is 2.20 bits per heavy atom. The molecule has 14 heteroatoms. The number of nitrogens with zero attached hydrogens (tertiary/aromatic N) is 6. The summed E-state index contributed by atoms with van der Waals surface area (Å²) in [6.45, 7) is 11.9. The van der Waals surface area contributed by atoms with Crippen LogP contribution in [0.5, 0.6) is 0 Å². The molecule has 272 valence electrons. The Morgan fingerprint density at radius 2 is 1.69 bits per heavy atom. The Morgan fingerprint density at radius 1 is 1.02 bits per heavy atom. The molecule has 2 aromatic rings. The number of carbonyl (C=O) groups is 4. The molecule has 2 aromatic heterocycles. The molecule has 2 atom stereocenters. The highest BCUT2D eigenvalue weighted by atomic mass is 32.1. The number of aliphatic hydroxyl groups is 1. The number of imidazole rings is 1. The zero-order valence-electron chi connectivity index (χ0n) is 29.2. The number of amides is 4. The van der Waals surface area contributed by atoms with Gasteiger partial charge >= 0.3 is 0 Å². The third-order valence-corrected chi connectivity index (χ3v) is 11.6. The number of ether oxygens (including phenoxy) is 1. The number of aromatic nitrogens is 3. The van der Waals surface area contributed by atoms with Crippen LogP contribution in [0.4, 0.5) is 0 Å². The Kier molecular flexibility index (Phi) is 12.1. The average molecular weight is 702 g/mol. The molecule has 3 N–H and O–H groups in total. The van der Waals surface area contributed by atoms with E-state index in [-0.39, 0.29) is 30.0 Å². The highest BCUT2D eigenvalue weighted by Gasteiger charge is 2.61. The van der Waals surface area contributed by atoms with E-state index in [2.05, 4.69) is 35.3 Å². The van der Waals surface area contributed by atoms with Crippen LogP contribution in [-0.2, 0) is 19.1 Å². The van der Waals surface area contributed by atoms with Gasteiger partial charge in [-0.05, 0) is 49.9 Å². The first-order valence-corrected chi connectivity index (χ1v) is 18.6. The van der Waals surface area contributed by atoms with E-state index in [0.29, 0.717) is 62.0 Å². The monoisotopic (exact) mass is 701 g/mol. The van der Waals surface area contributed by atoms with Crippen LogP contribution in [0.2, 0.25) is 0 Å². The van der Waals surface area contributed by atoms with Crippen LogP contribution in [0.1, 0.15) is 82.9 Å². The van der Waals surface area contributed by atoms with Gasteiger partial charge in [0.2, 0.25) is 17.7 Å². The maximum atomic E-state index is 12.6. The molecule has 5 aliphatic rings.